The highest BCUT2D eigenvalue weighted by Gasteiger charge is 2.23. The predicted molar refractivity (Wildman–Crippen MR) is 99.1 cm³/mol. The van der Waals surface area contributed by atoms with Crippen molar-refractivity contribution in [2.75, 3.05) is 39.1 Å². The molecule has 1 heterocycles. The van der Waals surface area contributed by atoms with Crippen molar-refractivity contribution in [3.8, 4) is 0 Å². The quantitative estimate of drug-likeness (QED) is 0.632. The van der Waals surface area contributed by atoms with Crippen molar-refractivity contribution in [2.24, 2.45) is 16.6 Å². The molecule has 0 aliphatic carbocycles. The first kappa shape index (κ1) is 18.1. The van der Waals surface area contributed by atoms with Crippen molar-refractivity contribution in [1.29, 1.82) is 0 Å². The Bertz CT molecular complexity index is 585. The lowest BCUT2D eigenvalue weighted by Gasteiger charge is -2.34. The zero-order valence-electron chi connectivity index (χ0n) is 15.0. The number of piperidine rings is 1. The van der Waals surface area contributed by atoms with Crippen LogP contribution in [0.25, 0.3) is 0 Å². The molecule has 1 aromatic carbocycles. The first-order valence-corrected chi connectivity index (χ1v) is 8.49. The van der Waals surface area contributed by atoms with Crippen LogP contribution in [0.3, 0.4) is 0 Å². The van der Waals surface area contributed by atoms with E-state index >= 15 is 0 Å². The molecule has 0 saturated carbocycles. The first-order valence-electron chi connectivity index (χ1n) is 8.49. The van der Waals surface area contributed by atoms with Gasteiger partial charge in [-0.2, -0.15) is 0 Å². The minimum absolute atomic E-state index is 0.217. The van der Waals surface area contributed by atoms with Crippen molar-refractivity contribution in [3.05, 3.63) is 29.8 Å². The molecule has 1 amide bonds. The second-order valence-electron chi connectivity index (χ2n) is 6.59. The summed E-state index contributed by atoms with van der Waals surface area (Å²) in [4.78, 5) is 19.9. The van der Waals surface area contributed by atoms with Crippen molar-refractivity contribution >= 4 is 17.6 Å². The van der Waals surface area contributed by atoms with E-state index in [2.05, 4.69) is 44.4 Å². The number of nitrogens with zero attached hydrogens (tertiary/aromatic N) is 3. The summed E-state index contributed by atoms with van der Waals surface area (Å²) in [5.41, 5.74) is 7.74. The number of anilines is 1. The fourth-order valence-electron chi connectivity index (χ4n) is 3.17. The molecule has 1 unspecified atom stereocenters. The molecule has 1 aromatic rings. The van der Waals surface area contributed by atoms with Crippen molar-refractivity contribution in [3.63, 3.8) is 0 Å². The lowest BCUT2D eigenvalue weighted by Crippen LogP contribution is -2.46. The average molecular weight is 331 g/mol. The second kappa shape index (κ2) is 8.57. The maximum Gasteiger partial charge on any atom is 0.217 e. The number of benzene rings is 1. The van der Waals surface area contributed by atoms with Crippen LogP contribution in [-0.4, -0.2) is 51.0 Å². The number of primary amides is 1. The minimum atomic E-state index is -0.217. The Morgan fingerprint density at radius 2 is 2.25 bits per heavy atom. The summed E-state index contributed by atoms with van der Waals surface area (Å²) < 4.78 is 0. The molecule has 0 bridgehead atoms. The molecule has 132 valence electrons. The summed E-state index contributed by atoms with van der Waals surface area (Å²) in [5.74, 6) is 0.997. The highest BCUT2D eigenvalue weighted by atomic mass is 16.1. The van der Waals surface area contributed by atoms with Gasteiger partial charge in [0, 0.05) is 52.9 Å². The Morgan fingerprint density at radius 3 is 2.92 bits per heavy atom. The molecular formula is C18H29N5O. The molecule has 1 aliphatic heterocycles. The Kier molecular flexibility index (Phi) is 6.46. The molecule has 0 radical (unpaired) electrons. The molecule has 1 aliphatic rings. The normalized spacial score (nSPS) is 18.4. The van der Waals surface area contributed by atoms with Gasteiger partial charge in [0.05, 0.1) is 0 Å². The van der Waals surface area contributed by atoms with Gasteiger partial charge in [-0.1, -0.05) is 12.1 Å². The molecule has 24 heavy (non-hydrogen) atoms. The first-order chi connectivity index (χ1) is 11.5. The molecule has 0 spiro atoms. The summed E-state index contributed by atoms with van der Waals surface area (Å²) in [6.07, 6.45) is 2.58. The zero-order chi connectivity index (χ0) is 17.5. The highest BCUT2D eigenvalue weighted by Crippen LogP contribution is 2.19. The molecule has 6 heteroatoms. The average Bonchev–Trinajstić information content (AvgIpc) is 2.55. The summed E-state index contributed by atoms with van der Waals surface area (Å²) in [7, 11) is 5.88. The predicted octanol–water partition coefficient (Wildman–Crippen LogP) is 1.42. The van der Waals surface area contributed by atoms with Crippen molar-refractivity contribution < 1.29 is 4.79 Å². The van der Waals surface area contributed by atoms with Crippen LogP contribution < -0.4 is 16.0 Å². The molecule has 1 saturated heterocycles. The number of nitrogens with one attached hydrogen (secondary N) is 1. The number of aliphatic imine (C=N–C) groups is 1. The SMILES string of the molecule is CN=C(NCc1cccc(N(C)C)c1)N1CCCC(CC(N)=O)C1. The summed E-state index contributed by atoms with van der Waals surface area (Å²) in [6.45, 7) is 2.53. The van der Waals surface area contributed by atoms with E-state index in [9.17, 15) is 4.79 Å². The fourth-order valence-corrected chi connectivity index (χ4v) is 3.17. The number of hydrogen-bond acceptors (Lipinski definition) is 3. The molecule has 1 fully saturated rings. The Labute approximate surface area is 144 Å². The van der Waals surface area contributed by atoms with Crippen LogP contribution in [0.4, 0.5) is 5.69 Å². The monoisotopic (exact) mass is 331 g/mol. The van der Waals surface area contributed by atoms with Crippen molar-refractivity contribution in [1.82, 2.24) is 10.2 Å². The highest BCUT2D eigenvalue weighted by molar-refractivity contribution is 5.80. The lowest BCUT2D eigenvalue weighted by molar-refractivity contribution is -0.119. The summed E-state index contributed by atoms with van der Waals surface area (Å²) in [6, 6.07) is 8.45. The maximum atomic E-state index is 11.2. The van der Waals surface area contributed by atoms with Gasteiger partial charge in [-0.3, -0.25) is 9.79 Å². The molecule has 2 rings (SSSR count). The summed E-state index contributed by atoms with van der Waals surface area (Å²) >= 11 is 0. The van der Waals surface area contributed by atoms with Gasteiger partial charge in [0.2, 0.25) is 5.91 Å². The number of hydrogen-bond donors (Lipinski definition) is 2. The fraction of sp³-hybridized carbons (Fsp3) is 0.556. The number of carbonyl (C=O) groups excluding carboxylic acids is 1. The third-order valence-electron chi connectivity index (χ3n) is 4.40. The number of amides is 1. The third kappa shape index (κ3) is 5.15. The smallest absolute Gasteiger partial charge is 0.217 e. The van der Waals surface area contributed by atoms with E-state index in [0.717, 1.165) is 38.4 Å². The number of rotatable bonds is 5. The number of carbonyl (C=O) groups is 1. The molecular weight excluding hydrogens is 302 g/mol. The van der Waals surface area contributed by atoms with Gasteiger partial charge in [-0.05, 0) is 36.5 Å². The molecule has 6 nitrogen and oxygen atoms in total. The molecule has 1 atom stereocenters. The maximum absolute atomic E-state index is 11.2. The third-order valence-corrected chi connectivity index (χ3v) is 4.40. The van der Waals surface area contributed by atoms with E-state index in [-0.39, 0.29) is 5.91 Å². The van der Waals surface area contributed by atoms with E-state index in [4.69, 9.17) is 5.73 Å². The van der Waals surface area contributed by atoms with Crippen LogP contribution in [0, 0.1) is 5.92 Å². The van der Waals surface area contributed by atoms with Gasteiger partial charge in [0.25, 0.3) is 0 Å². The van der Waals surface area contributed by atoms with E-state index in [1.807, 2.05) is 14.1 Å². The van der Waals surface area contributed by atoms with Gasteiger partial charge in [0.15, 0.2) is 5.96 Å². The van der Waals surface area contributed by atoms with E-state index in [1.165, 1.54) is 11.3 Å². The van der Waals surface area contributed by atoms with Crippen LogP contribution in [0.2, 0.25) is 0 Å². The number of guanidine groups is 1. The van der Waals surface area contributed by atoms with E-state index in [1.54, 1.807) is 7.05 Å². The standard InChI is InChI=1S/C18H29N5O/c1-20-18(23-9-5-7-15(13-23)11-17(19)24)21-12-14-6-4-8-16(10-14)22(2)3/h4,6,8,10,15H,5,7,9,11-13H2,1-3H3,(H2,19,24)(H,20,21). The number of likely N-dealkylation sites (tertiary alicyclic amines) is 1. The lowest BCUT2D eigenvalue weighted by atomic mass is 9.95. The van der Waals surface area contributed by atoms with Gasteiger partial charge in [-0.15, -0.1) is 0 Å². The van der Waals surface area contributed by atoms with Gasteiger partial charge in [0.1, 0.15) is 0 Å². The van der Waals surface area contributed by atoms with Gasteiger partial charge < -0.3 is 20.9 Å². The van der Waals surface area contributed by atoms with Crippen LogP contribution >= 0.6 is 0 Å². The Morgan fingerprint density at radius 1 is 1.46 bits per heavy atom. The number of nitrogens with two attached hydrogens (primary N) is 1. The van der Waals surface area contributed by atoms with E-state index < -0.39 is 0 Å². The topological polar surface area (TPSA) is 74.0 Å². The Balaban J connectivity index is 1.94. The molecule has 0 aromatic heterocycles. The summed E-state index contributed by atoms with van der Waals surface area (Å²) in [5, 5.41) is 3.44. The molecule has 3 N–H and O–H groups in total. The van der Waals surface area contributed by atoms with Crippen LogP contribution in [-0.2, 0) is 11.3 Å². The van der Waals surface area contributed by atoms with Crippen molar-refractivity contribution in [2.45, 2.75) is 25.8 Å². The largest absolute Gasteiger partial charge is 0.378 e. The second-order valence-corrected chi connectivity index (χ2v) is 6.59. The van der Waals surface area contributed by atoms with Crippen LogP contribution in [0.1, 0.15) is 24.8 Å². The van der Waals surface area contributed by atoms with Gasteiger partial charge >= 0.3 is 0 Å². The van der Waals surface area contributed by atoms with Gasteiger partial charge in [-0.25, -0.2) is 0 Å². The van der Waals surface area contributed by atoms with Crippen LogP contribution in [0.5, 0.6) is 0 Å². The minimum Gasteiger partial charge on any atom is -0.378 e. The van der Waals surface area contributed by atoms with E-state index in [0.29, 0.717) is 12.3 Å². The van der Waals surface area contributed by atoms with Crippen LogP contribution in [0.15, 0.2) is 29.3 Å². The Hall–Kier alpha value is -2.24. The zero-order valence-corrected chi connectivity index (χ0v) is 15.0.